The molecule has 0 aliphatic rings. The van der Waals surface area contributed by atoms with Gasteiger partial charge in [-0.1, -0.05) is 41.4 Å². The summed E-state index contributed by atoms with van der Waals surface area (Å²) in [5.74, 6) is -0.275. The number of rotatable bonds is 11. The van der Waals surface area contributed by atoms with Crippen molar-refractivity contribution < 1.29 is 22.7 Å². The minimum atomic E-state index is -4.15. The fourth-order valence-electron chi connectivity index (χ4n) is 3.85. The Kier molecular flexibility index (Phi) is 9.77. The lowest BCUT2D eigenvalue weighted by Crippen LogP contribution is -2.51. The summed E-state index contributed by atoms with van der Waals surface area (Å²) in [5.41, 5.74) is 2.00. The monoisotopic (exact) mass is 557 g/mol. The van der Waals surface area contributed by atoms with Crippen LogP contribution < -0.4 is 14.4 Å². The highest BCUT2D eigenvalue weighted by Gasteiger charge is 2.32. The van der Waals surface area contributed by atoms with Gasteiger partial charge in [-0.2, -0.15) is 0 Å². The van der Waals surface area contributed by atoms with Crippen molar-refractivity contribution in [3.63, 3.8) is 0 Å². The average Bonchev–Trinajstić information content (AvgIpc) is 2.91. The lowest BCUT2D eigenvalue weighted by molar-refractivity contribution is -0.139. The van der Waals surface area contributed by atoms with Gasteiger partial charge in [-0.15, -0.1) is 0 Å². The van der Waals surface area contributed by atoms with E-state index in [2.05, 4.69) is 5.32 Å². The molecular formula is C28H32ClN3O5S. The molecule has 0 fully saturated rings. The van der Waals surface area contributed by atoms with E-state index in [0.29, 0.717) is 23.0 Å². The Bertz CT molecular complexity index is 1360. The molecule has 3 aromatic rings. The molecule has 0 aliphatic heterocycles. The van der Waals surface area contributed by atoms with Crippen LogP contribution >= 0.6 is 11.6 Å². The van der Waals surface area contributed by atoms with Crippen molar-refractivity contribution >= 4 is 39.1 Å². The topological polar surface area (TPSA) is 96.0 Å². The molecule has 202 valence electrons. The number of anilines is 1. The summed E-state index contributed by atoms with van der Waals surface area (Å²) in [6.45, 7) is 5.25. The van der Waals surface area contributed by atoms with Gasteiger partial charge >= 0.3 is 0 Å². The van der Waals surface area contributed by atoms with Crippen LogP contribution in [0.3, 0.4) is 0 Å². The van der Waals surface area contributed by atoms with Crippen LogP contribution in [-0.2, 0) is 26.2 Å². The number of nitrogens with one attached hydrogen (secondary N) is 1. The predicted octanol–water partition coefficient (Wildman–Crippen LogP) is 4.41. The Morgan fingerprint density at radius 3 is 2.29 bits per heavy atom. The summed E-state index contributed by atoms with van der Waals surface area (Å²) in [5, 5.41) is 3.13. The Labute approximate surface area is 229 Å². The molecule has 38 heavy (non-hydrogen) atoms. The maximum atomic E-state index is 13.8. The van der Waals surface area contributed by atoms with Crippen molar-refractivity contribution in [1.82, 2.24) is 10.2 Å². The minimum absolute atomic E-state index is 0.00797. The molecule has 0 saturated carbocycles. The highest BCUT2D eigenvalue weighted by atomic mass is 35.5. The van der Waals surface area contributed by atoms with Gasteiger partial charge in [-0.25, -0.2) is 8.42 Å². The first-order valence-electron chi connectivity index (χ1n) is 12.1. The van der Waals surface area contributed by atoms with Crippen molar-refractivity contribution in [1.29, 1.82) is 0 Å². The molecular weight excluding hydrogens is 526 g/mol. The van der Waals surface area contributed by atoms with Gasteiger partial charge in [0.15, 0.2) is 0 Å². The average molecular weight is 558 g/mol. The Morgan fingerprint density at radius 1 is 1.03 bits per heavy atom. The van der Waals surface area contributed by atoms with Crippen LogP contribution in [0.15, 0.2) is 77.7 Å². The van der Waals surface area contributed by atoms with E-state index in [1.807, 2.05) is 13.0 Å². The maximum absolute atomic E-state index is 13.8. The van der Waals surface area contributed by atoms with Gasteiger partial charge in [0.25, 0.3) is 10.0 Å². The molecule has 1 N–H and O–H groups in total. The van der Waals surface area contributed by atoms with Crippen LogP contribution in [0, 0.1) is 6.92 Å². The van der Waals surface area contributed by atoms with E-state index in [1.54, 1.807) is 63.4 Å². The second-order valence-corrected chi connectivity index (χ2v) is 11.0. The van der Waals surface area contributed by atoms with E-state index in [1.165, 1.54) is 29.2 Å². The smallest absolute Gasteiger partial charge is 0.264 e. The zero-order chi connectivity index (χ0) is 27.9. The van der Waals surface area contributed by atoms with Gasteiger partial charge in [0.2, 0.25) is 11.8 Å². The number of sulfonamides is 1. The number of hydrogen-bond donors (Lipinski definition) is 1. The number of ether oxygens (including phenoxy) is 1. The number of benzene rings is 3. The first kappa shape index (κ1) is 29.0. The number of aryl methyl sites for hydroxylation is 1. The SMILES string of the molecule is CCNC(=O)[C@@H](C)N(Cc1cccc(OC)c1)C(=O)CN(c1ccc(C)cc1)S(=O)(=O)c1ccc(Cl)cc1. The van der Waals surface area contributed by atoms with Gasteiger partial charge in [-0.3, -0.25) is 13.9 Å². The predicted molar refractivity (Wildman–Crippen MR) is 149 cm³/mol. The molecule has 10 heteroatoms. The Morgan fingerprint density at radius 2 is 1.68 bits per heavy atom. The number of carbonyl (C=O) groups excluding carboxylic acids is 2. The number of methoxy groups -OCH3 is 1. The molecule has 8 nitrogen and oxygen atoms in total. The van der Waals surface area contributed by atoms with Gasteiger partial charge < -0.3 is 15.0 Å². The first-order valence-corrected chi connectivity index (χ1v) is 13.9. The minimum Gasteiger partial charge on any atom is -0.497 e. The molecule has 2 amide bonds. The molecule has 1 atom stereocenters. The van der Waals surface area contributed by atoms with E-state index < -0.39 is 28.5 Å². The number of hydrogen-bond acceptors (Lipinski definition) is 5. The summed E-state index contributed by atoms with van der Waals surface area (Å²) in [4.78, 5) is 28.0. The van der Waals surface area contributed by atoms with Gasteiger partial charge in [-0.05, 0) is 74.9 Å². The third-order valence-corrected chi connectivity index (χ3v) is 8.05. The standard InChI is InChI=1S/C28H32ClN3O5S/c1-5-30-28(34)21(3)31(18-22-7-6-8-25(17-22)37-4)27(33)19-32(24-13-9-20(2)10-14-24)38(35,36)26-15-11-23(29)12-16-26/h6-17,21H,5,18-19H2,1-4H3,(H,30,34)/t21-/m1/s1. The fraction of sp³-hybridized carbons (Fsp3) is 0.286. The summed E-state index contributed by atoms with van der Waals surface area (Å²) in [6.07, 6.45) is 0. The molecule has 0 bridgehead atoms. The van der Waals surface area contributed by atoms with Crippen LogP contribution in [-0.4, -0.2) is 51.4 Å². The van der Waals surface area contributed by atoms with E-state index in [9.17, 15) is 18.0 Å². The normalized spacial score (nSPS) is 11.9. The van der Waals surface area contributed by atoms with E-state index in [4.69, 9.17) is 16.3 Å². The van der Waals surface area contributed by atoms with Crippen molar-refractivity contribution in [3.8, 4) is 5.75 Å². The third kappa shape index (κ3) is 7.05. The second kappa shape index (κ2) is 12.8. The molecule has 0 unspecified atom stereocenters. The molecule has 0 heterocycles. The number of amides is 2. The van der Waals surface area contributed by atoms with Crippen LogP contribution in [0.25, 0.3) is 0 Å². The lowest BCUT2D eigenvalue weighted by atomic mass is 10.1. The van der Waals surface area contributed by atoms with Crippen molar-refractivity contribution in [3.05, 3.63) is 88.9 Å². The van der Waals surface area contributed by atoms with Gasteiger partial charge in [0.1, 0.15) is 18.3 Å². The molecule has 0 saturated heterocycles. The van der Waals surface area contributed by atoms with E-state index >= 15 is 0 Å². The number of nitrogens with zero attached hydrogens (tertiary/aromatic N) is 2. The fourth-order valence-corrected chi connectivity index (χ4v) is 5.39. The van der Waals surface area contributed by atoms with Crippen molar-refractivity contribution in [2.75, 3.05) is 24.5 Å². The van der Waals surface area contributed by atoms with Crippen LogP contribution in [0.1, 0.15) is 25.0 Å². The van der Waals surface area contributed by atoms with E-state index in [-0.39, 0.29) is 17.3 Å². The first-order chi connectivity index (χ1) is 18.1. The molecule has 3 aromatic carbocycles. The quantitative estimate of drug-likeness (QED) is 0.377. The van der Waals surface area contributed by atoms with Crippen molar-refractivity contribution in [2.24, 2.45) is 0 Å². The molecule has 0 aliphatic carbocycles. The molecule has 0 radical (unpaired) electrons. The zero-order valence-corrected chi connectivity index (χ0v) is 23.4. The highest BCUT2D eigenvalue weighted by Crippen LogP contribution is 2.26. The van der Waals surface area contributed by atoms with Crippen LogP contribution in [0.4, 0.5) is 5.69 Å². The van der Waals surface area contributed by atoms with Crippen LogP contribution in [0.2, 0.25) is 5.02 Å². The second-order valence-electron chi connectivity index (χ2n) is 8.74. The Hall–Kier alpha value is -3.56. The third-order valence-electron chi connectivity index (χ3n) is 6.01. The number of carbonyl (C=O) groups is 2. The highest BCUT2D eigenvalue weighted by molar-refractivity contribution is 7.92. The lowest BCUT2D eigenvalue weighted by Gasteiger charge is -2.32. The summed E-state index contributed by atoms with van der Waals surface area (Å²) in [6, 6.07) is 18.9. The summed E-state index contributed by atoms with van der Waals surface area (Å²) < 4.78 is 33.9. The van der Waals surface area contributed by atoms with Crippen LogP contribution in [0.5, 0.6) is 5.75 Å². The molecule has 3 rings (SSSR count). The molecule has 0 aromatic heterocycles. The largest absolute Gasteiger partial charge is 0.497 e. The molecule has 0 spiro atoms. The van der Waals surface area contributed by atoms with Crippen molar-refractivity contribution in [2.45, 2.75) is 38.3 Å². The van der Waals surface area contributed by atoms with E-state index in [0.717, 1.165) is 15.4 Å². The Balaban J connectivity index is 2.02. The summed E-state index contributed by atoms with van der Waals surface area (Å²) >= 11 is 5.97. The number of likely N-dealkylation sites (N-methyl/N-ethyl adjacent to an activating group) is 1. The summed E-state index contributed by atoms with van der Waals surface area (Å²) in [7, 11) is -2.60. The number of halogens is 1. The maximum Gasteiger partial charge on any atom is 0.264 e. The zero-order valence-electron chi connectivity index (χ0n) is 21.8. The van der Waals surface area contributed by atoms with Gasteiger partial charge in [0.05, 0.1) is 17.7 Å². The van der Waals surface area contributed by atoms with Gasteiger partial charge in [0, 0.05) is 18.1 Å².